The minimum atomic E-state index is -3.01. The largest absolute Gasteiger partial charge is 0.324 e. The number of carbonyl (C=O) groups is 1. The lowest BCUT2D eigenvalue weighted by molar-refractivity contribution is -0.121. The van der Waals surface area contributed by atoms with E-state index in [0.717, 1.165) is 11.3 Å². The van der Waals surface area contributed by atoms with Crippen molar-refractivity contribution in [1.82, 2.24) is 4.90 Å². The number of hydrogen-bond donors (Lipinski definition) is 1. The summed E-state index contributed by atoms with van der Waals surface area (Å²) in [6.45, 7) is 7.17. The van der Waals surface area contributed by atoms with Crippen molar-refractivity contribution < 1.29 is 13.2 Å². The van der Waals surface area contributed by atoms with E-state index in [1.54, 1.807) is 0 Å². The van der Waals surface area contributed by atoms with E-state index in [1.807, 2.05) is 59.5 Å². The molecule has 1 aliphatic rings. The SMILES string of the molecule is CC(C)(C)c1ccc(NC(=O)C(c2ccccc2)N2CCS(=O)(=O)CC2)cc1. The number of hydrogen-bond acceptors (Lipinski definition) is 4. The Hall–Kier alpha value is -2.18. The Labute approximate surface area is 167 Å². The molecule has 0 radical (unpaired) electrons. The number of benzene rings is 2. The summed E-state index contributed by atoms with van der Waals surface area (Å²) in [6, 6.07) is 16.9. The zero-order valence-corrected chi connectivity index (χ0v) is 17.5. The fraction of sp³-hybridized carbons (Fsp3) is 0.409. The number of carbonyl (C=O) groups excluding carboxylic acids is 1. The van der Waals surface area contributed by atoms with E-state index in [-0.39, 0.29) is 22.8 Å². The van der Waals surface area contributed by atoms with E-state index in [4.69, 9.17) is 0 Å². The summed E-state index contributed by atoms with van der Waals surface area (Å²) in [7, 11) is -3.01. The highest BCUT2D eigenvalue weighted by molar-refractivity contribution is 7.91. The van der Waals surface area contributed by atoms with Gasteiger partial charge in [0.1, 0.15) is 6.04 Å². The van der Waals surface area contributed by atoms with Crippen molar-refractivity contribution in [1.29, 1.82) is 0 Å². The van der Waals surface area contributed by atoms with Crippen LogP contribution in [0.3, 0.4) is 0 Å². The van der Waals surface area contributed by atoms with Crippen molar-refractivity contribution in [2.24, 2.45) is 0 Å². The smallest absolute Gasteiger partial charge is 0.246 e. The standard InChI is InChI=1S/C22H28N2O3S/c1-22(2,3)18-9-11-19(12-10-18)23-21(25)20(17-7-5-4-6-8-17)24-13-15-28(26,27)16-14-24/h4-12,20H,13-16H2,1-3H3,(H,23,25). The van der Waals surface area contributed by atoms with E-state index < -0.39 is 15.9 Å². The van der Waals surface area contributed by atoms with Gasteiger partial charge in [-0.1, -0.05) is 63.2 Å². The fourth-order valence-corrected chi connectivity index (χ4v) is 4.64. The molecule has 0 aliphatic carbocycles. The Bertz CT molecular complexity index is 903. The van der Waals surface area contributed by atoms with Gasteiger partial charge >= 0.3 is 0 Å². The van der Waals surface area contributed by atoms with Crippen molar-refractivity contribution in [2.45, 2.75) is 32.2 Å². The molecule has 2 aromatic carbocycles. The molecule has 0 spiro atoms. The predicted molar refractivity (Wildman–Crippen MR) is 113 cm³/mol. The topological polar surface area (TPSA) is 66.5 Å². The van der Waals surface area contributed by atoms with Crippen molar-refractivity contribution in [3.05, 3.63) is 65.7 Å². The van der Waals surface area contributed by atoms with Gasteiger partial charge in [0.2, 0.25) is 5.91 Å². The third kappa shape index (κ3) is 5.00. The Morgan fingerprint density at radius 1 is 0.964 bits per heavy atom. The monoisotopic (exact) mass is 400 g/mol. The summed E-state index contributed by atoms with van der Waals surface area (Å²) in [6.07, 6.45) is 0. The zero-order valence-electron chi connectivity index (χ0n) is 16.7. The van der Waals surface area contributed by atoms with Gasteiger partial charge in [0.25, 0.3) is 0 Å². The molecule has 150 valence electrons. The van der Waals surface area contributed by atoms with Gasteiger partial charge in [0.05, 0.1) is 11.5 Å². The molecule has 1 atom stereocenters. The van der Waals surface area contributed by atoms with Crippen LogP contribution >= 0.6 is 0 Å². The quantitative estimate of drug-likeness (QED) is 0.854. The molecule has 0 saturated carbocycles. The highest BCUT2D eigenvalue weighted by atomic mass is 32.2. The Kier molecular flexibility index (Phi) is 5.91. The summed E-state index contributed by atoms with van der Waals surface area (Å²) >= 11 is 0. The number of anilines is 1. The molecule has 28 heavy (non-hydrogen) atoms. The zero-order chi connectivity index (χ0) is 20.4. The van der Waals surface area contributed by atoms with Crippen LogP contribution in [0.25, 0.3) is 0 Å². The fourth-order valence-electron chi connectivity index (χ4n) is 3.41. The van der Waals surface area contributed by atoms with Crippen molar-refractivity contribution in [2.75, 3.05) is 29.9 Å². The summed E-state index contributed by atoms with van der Waals surface area (Å²) in [5.41, 5.74) is 2.86. The van der Waals surface area contributed by atoms with Gasteiger partial charge in [-0.25, -0.2) is 8.42 Å². The Balaban J connectivity index is 1.81. The van der Waals surface area contributed by atoms with E-state index >= 15 is 0 Å². The molecule has 3 rings (SSSR count). The number of nitrogens with zero attached hydrogens (tertiary/aromatic N) is 1. The number of rotatable bonds is 4. The molecule has 0 aromatic heterocycles. The molecule has 1 heterocycles. The second-order valence-electron chi connectivity index (χ2n) is 8.32. The molecule has 2 aromatic rings. The van der Waals surface area contributed by atoms with E-state index in [1.165, 1.54) is 5.56 Å². The van der Waals surface area contributed by atoms with Crippen molar-refractivity contribution in [3.63, 3.8) is 0 Å². The first-order valence-electron chi connectivity index (χ1n) is 9.56. The summed E-state index contributed by atoms with van der Waals surface area (Å²) in [4.78, 5) is 15.1. The van der Waals surface area contributed by atoms with Gasteiger partial charge in [-0.2, -0.15) is 0 Å². The van der Waals surface area contributed by atoms with Gasteiger partial charge in [-0.15, -0.1) is 0 Å². The lowest BCUT2D eigenvalue weighted by atomic mass is 9.87. The third-order valence-corrected chi connectivity index (χ3v) is 6.74. The third-order valence-electron chi connectivity index (χ3n) is 5.13. The van der Waals surface area contributed by atoms with Crippen LogP contribution in [0.2, 0.25) is 0 Å². The summed E-state index contributed by atoms with van der Waals surface area (Å²) in [5.74, 6) is 0.0300. The number of nitrogens with one attached hydrogen (secondary N) is 1. The molecular weight excluding hydrogens is 372 g/mol. The van der Waals surface area contributed by atoms with Gasteiger partial charge in [0.15, 0.2) is 9.84 Å². The molecule has 1 unspecified atom stereocenters. The van der Waals surface area contributed by atoms with Crippen LogP contribution in [0.5, 0.6) is 0 Å². The summed E-state index contributed by atoms with van der Waals surface area (Å²) in [5, 5.41) is 3.01. The average Bonchev–Trinajstić information content (AvgIpc) is 2.64. The molecule has 1 N–H and O–H groups in total. The highest BCUT2D eigenvalue weighted by Gasteiger charge is 2.32. The van der Waals surface area contributed by atoms with Gasteiger partial charge < -0.3 is 5.32 Å². The second kappa shape index (κ2) is 8.05. The lowest BCUT2D eigenvalue weighted by Crippen LogP contribution is -2.46. The maximum absolute atomic E-state index is 13.2. The molecular formula is C22H28N2O3S. The Morgan fingerprint density at radius 2 is 1.54 bits per heavy atom. The minimum absolute atomic E-state index is 0.0500. The van der Waals surface area contributed by atoms with Crippen LogP contribution in [-0.4, -0.2) is 43.8 Å². The van der Waals surface area contributed by atoms with Gasteiger partial charge in [0, 0.05) is 18.8 Å². The minimum Gasteiger partial charge on any atom is -0.324 e. The van der Waals surface area contributed by atoms with Gasteiger partial charge in [-0.3, -0.25) is 9.69 Å². The van der Waals surface area contributed by atoms with Crippen LogP contribution in [0.15, 0.2) is 54.6 Å². The maximum atomic E-state index is 13.2. The van der Waals surface area contributed by atoms with Crippen LogP contribution in [0.4, 0.5) is 5.69 Å². The molecule has 6 heteroatoms. The average molecular weight is 401 g/mol. The van der Waals surface area contributed by atoms with Crippen LogP contribution in [-0.2, 0) is 20.0 Å². The van der Waals surface area contributed by atoms with E-state index in [2.05, 4.69) is 26.1 Å². The predicted octanol–water partition coefficient (Wildman–Crippen LogP) is 3.39. The lowest BCUT2D eigenvalue weighted by Gasteiger charge is -2.33. The summed E-state index contributed by atoms with van der Waals surface area (Å²) < 4.78 is 23.6. The Morgan fingerprint density at radius 3 is 2.07 bits per heavy atom. The molecule has 0 bridgehead atoms. The van der Waals surface area contributed by atoms with Crippen molar-refractivity contribution in [3.8, 4) is 0 Å². The first kappa shape index (κ1) is 20.6. The number of sulfone groups is 1. The maximum Gasteiger partial charge on any atom is 0.246 e. The molecule has 1 amide bonds. The number of amides is 1. The highest BCUT2D eigenvalue weighted by Crippen LogP contribution is 2.26. The van der Waals surface area contributed by atoms with Crippen LogP contribution < -0.4 is 5.32 Å². The van der Waals surface area contributed by atoms with Crippen LogP contribution in [0, 0.1) is 0 Å². The van der Waals surface area contributed by atoms with E-state index in [0.29, 0.717) is 13.1 Å². The molecule has 1 fully saturated rings. The van der Waals surface area contributed by atoms with E-state index in [9.17, 15) is 13.2 Å². The molecule has 5 nitrogen and oxygen atoms in total. The first-order chi connectivity index (χ1) is 13.2. The molecule has 1 aliphatic heterocycles. The normalized spacial score (nSPS) is 18.4. The van der Waals surface area contributed by atoms with Gasteiger partial charge in [-0.05, 0) is 28.7 Å². The first-order valence-corrected chi connectivity index (χ1v) is 11.4. The molecule has 1 saturated heterocycles. The van der Waals surface area contributed by atoms with Crippen LogP contribution in [0.1, 0.15) is 37.9 Å². The second-order valence-corrected chi connectivity index (χ2v) is 10.6. The van der Waals surface area contributed by atoms with Crippen molar-refractivity contribution >= 4 is 21.4 Å².